The van der Waals surface area contributed by atoms with E-state index in [0.29, 0.717) is 19.5 Å². The number of carbonyl (C=O) groups excluding carboxylic acids is 2. The van der Waals surface area contributed by atoms with Crippen LogP contribution in [0.1, 0.15) is 22.3 Å². The minimum atomic E-state index is -0.506. The van der Waals surface area contributed by atoms with Crippen LogP contribution < -0.4 is 5.32 Å². The number of hydrogen-bond donors (Lipinski definition) is 1. The SMILES string of the molecule is CNC(=O)C1CCN(C(=O)c2ccc(C)cc2F)C1. The molecule has 1 fully saturated rings. The average Bonchev–Trinajstić information content (AvgIpc) is 2.86. The van der Waals surface area contributed by atoms with Crippen molar-refractivity contribution in [2.45, 2.75) is 13.3 Å². The van der Waals surface area contributed by atoms with Crippen LogP contribution in [0.5, 0.6) is 0 Å². The van der Waals surface area contributed by atoms with E-state index in [0.717, 1.165) is 5.56 Å². The molecule has 19 heavy (non-hydrogen) atoms. The van der Waals surface area contributed by atoms with E-state index in [1.165, 1.54) is 17.0 Å². The van der Waals surface area contributed by atoms with Crippen LogP contribution >= 0.6 is 0 Å². The van der Waals surface area contributed by atoms with Crippen LogP contribution in [-0.4, -0.2) is 36.9 Å². The van der Waals surface area contributed by atoms with Crippen molar-refractivity contribution >= 4 is 11.8 Å². The van der Waals surface area contributed by atoms with Crippen molar-refractivity contribution in [3.05, 3.63) is 35.1 Å². The van der Waals surface area contributed by atoms with E-state index in [2.05, 4.69) is 5.32 Å². The number of halogens is 1. The van der Waals surface area contributed by atoms with E-state index < -0.39 is 5.82 Å². The molecule has 5 heteroatoms. The van der Waals surface area contributed by atoms with Crippen LogP contribution in [0.25, 0.3) is 0 Å². The summed E-state index contributed by atoms with van der Waals surface area (Å²) in [6, 6.07) is 4.56. The summed E-state index contributed by atoms with van der Waals surface area (Å²) in [5.41, 5.74) is 0.849. The zero-order valence-electron chi connectivity index (χ0n) is 11.1. The Bertz CT molecular complexity index is 516. The second-order valence-electron chi connectivity index (χ2n) is 4.83. The zero-order valence-corrected chi connectivity index (χ0v) is 11.1. The molecule has 2 amide bonds. The van der Waals surface area contributed by atoms with Gasteiger partial charge in [-0.05, 0) is 31.0 Å². The Morgan fingerprint density at radius 1 is 1.42 bits per heavy atom. The smallest absolute Gasteiger partial charge is 0.256 e. The molecule has 1 atom stereocenters. The molecule has 0 aliphatic carbocycles. The fourth-order valence-electron chi connectivity index (χ4n) is 2.33. The van der Waals surface area contributed by atoms with Crippen molar-refractivity contribution < 1.29 is 14.0 Å². The van der Waals surface area contributed by atoms with Gasteiger partial charge in [-0.2, -0.15) is 0 Å². The fourth-order valence-corrected chi connectivity index (χ4v) is 2.33. The highest BCUT2D eigenvalue weighted by atomic mass is 19.1. The summed E-state index contributed by atoms with van der Waals surface area (Å²) in [5.74, 6) is -1.11. The summed E-state index contributed by atoms with van der Waals surface area (Å²) >= 11 is 0. The molecule has 0 bridgehead atoms. The molecule has 4 nitrogen and oxygen atoms in total. The molecule has 0 aromatic heterocycles. The number of aryl methyl sites for hydroxylation is 1. The highest BCUT2D eigenvalue weighted by Gasteiger charge is 2.31. The number of rotatable bonds is 2. The largest absolute Gasteiger partial charge is 0.359 e. The van der Waals surface area contributed by atoms with Crippen LogP contribution in [0.2, 0.25) is 0 Å². The predicted octanol–water partition coefficient (Wildman–Crippen LogP) is 1.34. The van der Waals surface area contributed by atoms with Gasteiger partial charge in [-0.3, -0.25) is 9.59 Å². The second-order valence-corrected chi connectivity index (χ2v) is 4.83. The maximum atomic E-state index is 13.7. The first-order valence-corrected chi connectivity index (χ1v) is 6.30. The quantitative estimate of drug-likeness (QED) is 0.876. The second kappa shape index (κ2) is 5.38. The maximum Gasteiger partial charge on any atom is 0.256 e. The van der Waals surface area contributed by atoms with Crippen molar-refractivity contribution in [1.29, 1.82) is 0 Å². The minimum Gasteiger partial charge on any atom is -0.359 e. The lowest BCUT2D eigenvalue weighted by atomic mass is 10.1. The van der Waals surface area contributed by atoms with Gasteiger partial charge in [-0.15, -0.1) is 0 Å². The predicted molar refractivity (Wildman–Crippen MR) is 69.2 cm³/mol. The van der Waals surface area contributed by atoms with Crippen molar-refractivity contribution in [2.75, 3.05) is 20.1 Å². The minimum absolute atomic E-state index is 0.0697. The first kappa shape index (κ1) is 13.5. The standard InChI is InChI=1S/C14H17FN2O2/c1-9-3-4-11(12(15)7-9)14(19)17-6-5-10(8-17)13(18)16-2/h3-4,7,10H,5-6,8H2,1-2H3,(H,16,18). The van der Waals surface area contributed by atoms with Gasteiger partial charge in [0.25, 0.3) is 5.91 Å². The van der Waals surface area contributed by atoms with Gasteiger partial charge in [-0.1, -0.05) is 6.07 Å². The Morgan fingerprint density at radius 3 is 2.79 bits per heavy atom. The van der Waals surface area contributed by atoms with E-state index in [-0.39, 0.29) is 23.3 Å². The zero-order chi connectivity index (χ0) is 14.0. The van der Waals surface area contributed by atoms with E-state index in [1.807, 2.05) is 0 Å². The summed E-state index contributed by atoms with van der Waals surface area (Å²) in [6.07, 6.45) is 0.624. The van der Waals surface area contributed by atoms with Gasteiger partial charge in [0.1, 0.15) is 5.82 Å². The Hall–Kier alpha value is -1.91. The number of nitrogens with one attached hydrogen (secondary N) is 1. The topological polar surface area (TPSA) is 49.4 Å². The number of carbonyl (C=O) groups is 2. The van der Waals surface area contributed by atoms with Gasteiger partial charge in [0.05, 0.1) is 11.5 Å². The number of benzene rings is 1. The van der Waals surface area contributed by atoms with Gasteiger partial charge in [0.2, 0.25) is 5.91 Å². The molecule has 0 saturated carbocycles. The summed E-state index contributed by atoms with van der Waals surface area (Å²) < 4.78 is 13.7. The Balaban J connectivity index is 2.11. The summed E-state index contributed by atoms with van der Waals surface area (Å²) in [5, 5.41) is 2.57. The molecule has 1 aliphatic rings. The van der Waals surface area contributed by atoms with Gasteiger partial charge in [0.15, 0.2) is 0 Å². The molecule has 1 saturated heterocycles. The molecule has 102 valence electrons. The third-order valence-electron chi connectivity index (χ3n) is 3.45. The molecule has 0 spiro atoms. The Labute approximate surface area is 111 Å². The lowest BCUT2D eigenvalue weighted by Crippen LogP contribution is -2.33. The van der Waals surface area contributed by atoms with Crippen molar-refractivity contribution in [3.8, 4) is 0 Å². The first-order valence-electron chi connectivity index (χ1n) is 6.30. The van der Waals surface area contributed by atoms with E-state index in [4.69, 9.17) is 0 Å². The van der Waals surface area contributed by atoms with Crippen LogP contribution in [-0.2, 0) is 4.79 Å². The number of nitrogens with zero attached hydrogens (tertiary/aromatic N) is 1. The van der Waals surface area contributed by atoms with E-state index in [9.17, 15) is 14.0 Å². The van der Waals surface area contributed by atoms with Crippen LogP contribution in [0.3, 0.4) is 0 Å². The highest BCUT2D eigenvalue weighted by Crippen LogP contribution is 2.20. The Kier molecular flexibility index (Phi) is 3.83. The van der Waals surface area contributed by atoms with Crippen LogP contribution in [0.15, 0.2) is 18.2 Å². The van der Waals surface area contributed by atoms with Gasteiger partial charge in [-0.25, -0.2) is 4.39 Å². The highest BCUT2D eigenvalue weighted by molar-refractivity contribution is 5.95. The molecular formula is C14H17FN2O2. The lowest BCUT2D eigenvalue weighted by molar-refractivity contribution is -0.124. The number of hydrogen-bond acceptors (Lipinski definition) is 2. The lowest BCUT2D eigenvalue weighted by Gasteiger charge is -2.16. The fraction of sp³-hybridized carbons (Fsp3) is 0.429. The van der Waals surface area contributed by atoms with Crippen LogP contribution in [0.4, 0.5) is 4.39 Å². The molecule has 1 aliphatic heterocycles. The Morgan fingerprint density at radius 2 is 2.16 bits per heavy atom. The summed E-state index contributed by atoms with van der Waals surface area (Å²) in [7, 11) is 1.58. The third kappa shape index (κ3) is 2.75. The molecule has 1 aromatic rings. The van der Waals surface area contributed by atoms with E-state index in [1.54, 1.807) is 20.0 Å². The maximum absolute atomic E-state index is 13.7. The summed E-state index contributed by atoms with van der Waals surface area (Å²) in [6.45, 7) is 2.62. The van der Waals surface area contributed by atoms with Gasteiger partial charge < -0.3 is 10.2 Å². The number of likely N-dealkylation sites (tertiary alicyclic amines) is 1. The third-order valence-corrected chi connectivity index (χ3v) is 3.45. The molecule has 1 unspecified atom stereocenters. The summed E-state index contributed by atoms with van der Waals surface area (Å²) in [4.78, 5) is 25.2. The molecular weight excluding hydrogens is 247 g/mol. The average molecular weight is 264 g/mol. The molecule has 1 heterocycles. The monoisotopic (exact) mass is 264 g/mol. The normalized spacial score (nSPS) is 18.5. The van der Waals surface area contributed by atoms with Gasteiger partial charge >= 0.3 is 0 Å². The van der Waals surface area contributed by atoms with Crippen molar-refractivity contribution in [2.24, 2.45) is 5.92 Å². The molecule has 0 radical (unpaired) electrons. The van der Waals surface area contributed by atoms with Gasteiger partial charge in [0, 0.05) is 20.1 Å². The van der Waals surface area contributed by atoms with E-state index >= 15 is 0 Å². The molecule has 2 rings (SSSR count). The molecule has 1 aromatic carbocycles. The first-order chi connectivity index (χ1) is 9.02. The van der Waals surface area contributed by atoms with Crippen LogP contribution in [0, 0.1) is 18.7 Å². The van der Waals surface area contributed by atoms with Crippen molar-refractivity contribution in [1.82, 2.24) is 10.2 Å². The number of amides is 2. The molecule has 1 N–H and O–H groups in total. The van der Waals surface area contributed by atoms with Crippen molar-refractivity contribution in [3.63, 3.8) is 0 Å².